The number of hydrogen-bond acceptors (Lipinski definition) is 3. The first-order valence-electron chi connectivity index (χ1n) is 10.4. The number of aliphatic carboxylic acids is 1. The van der Waals surface area contributed by atoms with Crippen LogP contribution in [0.5, 0.6) is 0 Å². The number of aliphatic hydroxyl groups is 1. The fourth-order valence-electron chi connectivity index (χ4n) is 3.35. The van der Waals surface area contributed by atoms with E-state index in [4.69, 9.17) is 0 Å². The quantitative estimate of drug-likeness (QED) is 0.240. The number of carboxylic acid groups (broad SMARTS) is 1. The van der Waals surface area contributed by atoms with Gasteiger partial charge in [0.1, 0.15) is 12.3 Å². The summed E-state index contributed by atoms with van der Waals surface area (Å²) < 4.78 is 0.894. The average Bonchev–Trinajstić information content (AvgIpc) is 2.58. The summed E-state index contributed by atoms with van der Waals surface area (Å²) in [6, 6.07) is 0. The van der Waals surface area contributed by atoms with Gasteiger partial charge >= 0.3 is 0 Å². The topological polar surface area (TPSA) is 60.4 Å². The Morgan fingerprint density at radius 1 is 0.880 bits per heavy atom. The van der Waals surface area contributed by atoms with E-state index in [1.165, 1.54) is 12.8 Å². The van der Waals surface area contributed by atoms with Gasteiger partial charge in [-0.15, -0.1) is 0 Å². The minimum absolute atomic E-state index is 0.139. The van der Waals surface area contributed by atoms with E-state index in [-0.39, 0.29) is 6.42 Å². The van der Waals surface area contributed by atoms with Gasteiger partial charge in [0.2, 0.25) is 0 Å². The predicted molar refractivity (Wildman–Crippen MR) is 103 cm³/mol. The minimum Gasteiger partial charge on any atom is -0.550 e. The smallest absolute Gasteiger partial charge is 0.143 e. The molecule has 1 N–H and O–H groups in total. The van der Waals surface area contributed by atoms with Crippen LogP contribution in [0.3, 0.4) is 0 Å². The number of aliphatic hydroxyl groups excluding tert-OH is 1. The van der Waals surface area contributed by atoms with E-state index >= 15 is 0 Å². The second-order valence-corrected chi connectivity index (χ2v) is 7.40. The summed E-state index contributed by atoms with van der Waals surface area (Å²) in [5.74, 6) is -0.443. The van der Waals surface area contributed by atoms with Crippen molar-refractivity contribution in [2.45, 2.75) is 91.4 Å². The van der Waals surface area contributed by atoms with Gasteiger partial charge in [0, 0.05) is 5.97 Å². The summed E-state index contributed by atoms with van der Waals surface area (Å²) in [4.78, 5) is 10.7. The molecule has 0 heterocycles. The number of carbonyl (C=O) groups excluding carboxylic acids is 1. The van der Waals surface area contributed by atoms with Crippen LogP contribution in [0.15, 0.2) is 11.8 Å². The maximum absolute atomic E-state index is 10.7. The van der Waals surface area contributed by atoms with E-state index in [1.807, 2.05) is 6.08 Å². The monoisotopic (exact) mass is 355 g/mol. The lowest BCUT2D eigenvalue weighted by atomic mass is 10.1. The normalized spacial score (nSPS) is 12.5. The molecule has 0 aromatic heterocycles. The number of unbranched alkanes of at least 4 members (excludes halogenated alkanes) is 6. The summed E-state index contributed by atoms with van der Waals surface area (Å²) in [5.41, 5.74) is 0. The fourth-order valence-corrected chi connectivity index (χ4v) is 3.35. The molecule has 0 bridgehead atoms. The molecular formula is C21H41NO3. The van der Waals surface area contributed by atoms with E-state index in [9.17, 15) is 15.0 Å². The number of rotatable bonds is 17. The standard InChI is InChI=1S/C21H41NO3/c1-4-7-10-11-14-20(23)19-22(16-8-5-2,17-9-6-3)18-13-12-15-21(24)25/h14H,4-13,15-19H2,1-3H3,(H-,23,24,25)/b20-14-. The Bertz CT molecular complexity index is 358. The number of quaternary nitrogens is 1. The highest BCUT2D eigenvalue weighted by Gasteiger charge is 2.27. The molecule has 0 aliphatic carbocycles. The van der Waals surface area contributed by atoms with E-state index in [0.717, 1.165) is 69.1 Å². The van der Waals surface area contributed by atoms with Crippen LogP contribution in [0.4, 0.5) is 0 Å². The van der Waals surface area contributed by atoms with Crippen LogP contribution in [-0.2, 0) is 4.79 Å². The molecule has 0 fully saturated rings. The van der Waals surface area contributed by atoms with Crippen molar-refractivity contribution < 1.29 is 19.5 Å². The van der Waals surface area contributed by atoms with Crippen LogP contribution in [0.1, 0.15) is 91.4 Å². The number of nitrogens with zero attached hydrogens (tertiary/aromatic N) is 1. The number of carboxylic acids is 1. The number of carbonyl (C=O) groups is 1. The molecule has 4 heteroatoms. The molecule has 0 saturated carbocycles. The van der Waals surface area contributed by atoms with Crippen molar-refractivity contribution in [1.29, 1.82) is 0 Å². The molecule has 25 heavy (non-hydrogen) atoms. The summed E-state index contributed by atoms with van der Waals surface area (Å²) in [7, 11) is 0. The van der Waals surface area contributed by atoms with Gasteiger partial charge in [-0.1, -0.05) is 46.5 Å². The van der Waals surface area contributed by atoms with Gasteiger partial charge in [-0.3, -0.25) is 0 Å². The molecule has 4 nitrogen and oxygen atoms in total. The minimum atomic E-state index is -0.959. The van der Waals surface area contributed by atoms with E-state index in [0.29, 0.717) is 18.7 Å². The third-order valence-corrected chi connectivity index (χ3v) is 4.92. The molecule has 0 aliphatic rings. The zero-order valence-electron chi connectivity index (χ0n) is 16.9. The molecule has 0 radical (unpaired) electrons. The number of hydrogen-bond donors (Lipinski definition) is 1. The Balaban J connectivity index is 4.85. The first-order chi connectivity index (χ1) is 12.0. The van der Waals surface area contributed by atoms with Crippen molar-refractivity contribution in [3.05, 3.63) is 11.8 Å². The van der Waals surface area contributed by atoms with Crippen molar-refractivity contribution in [3.8, 4) is 0 Å². The van der Waals surface area contributed by atoms with Crippen molar-refractivity contribution in [1.82, 2.24) is 0 Å². The van der Waals surface area contributed by atoms with Gasteiger partial charge in [-0.2, -0.15) is 0 Å². The van der Waals surface area contributed by atoms with E-state index < -0.39 is 5.97 Å². The molecular weight excluding hydrogens is 314 g/mol. The van der Waals surface area contributed by atoms with Gasteiger partial charge < -0.3 is 19.5 Å². The molecule has 0 saturated heterocycles. The number of allylic oxidation sites excluding steroid dienone is 1. The molecule has 148 valence electrons. The Hall–Kier alpha value is -1.03. The van der Waals surface area contributed by atoms with Gasteiger partial charge in [0.15, 0.2) is 0 Å². The van der Waals surface area contributed by atoms with Gasteiger partial charge in [0.25, 0.3) is 0 Å². The van der Waals surface area contributed by atoms with Crippen molar-refractivity contribution >= 4 is 5.97 Å². The SMILES string of the molecule is CCCCC/C=C(\O)C[N+](CCCC)(CCCC)CCCCC(=O)[O-]. The molecule has 0 aliphatic heterocycles. The van der Waals surface area contributed by atoms with Crippen LogP contribution in [-0.4, -0.2) is 41.7 Å². The second kappa shape index (κ2) is 15.2. The molecule has 0 amide bonds. The van der Waals surface area contributed by atoms with Crippen LogP contribution >= 0.6 is 0 Å². The lowest BCUT2D eigenvalue weighted by molar-refractivity contribution is -0.925. The predicted octanol–water partition coefficient (Wildman–Crippen LogP) is 4.35. The Morgan fingerprint density at radius 3 is 1.96 bits per heavy atom. The Labute approximate surface area is 155 Å². The van der Waals surface area contributed by atoms with E-state index in [2.05, 4.69) is 20.8 Å². The molecule has 0 rings (SSSR count). The Morgan fingerprint density at radius 2 is 1.44 bits per heavy atom. The highest BCUT2D eigenvalue weighted by atomic mass is 16.4. The lowest BCUT2D eigenvalue weighted by Gasteiger charge is -2.39. The third kappa shape index (κ3) is 12.9. The summed E-state index contributed by atoms with van der Waals surface area (Å²) in [5, 5.41) is 21.1. The molecule has 0 atom stereocenters. The maximum Gasteiger partial charge on any atom is 0.143 e. The zero-order valence-corrected chi connectivity index (χ0v) is 16.9. The second-order valence-electron chi connectivity index (χ2n) is 7.40. The highest BCUT2D eigenvalue weighted by Crippen LogP contribution is 2.18. The van der Waals surface area contributed by atoms with Gasteiger partial charge in [0.05, 0.1) is 19.6 Å². The zero-order chi connectivity index (χ0) is 19.0. The molecule has 0 spiro atoms. The highest BCUT2D eigenvalue weighted by molar-refractivity contribution is 5.64. The third-order valence-electron chi connectivity index (χ3n) is 4.92. The fraction of sp³-hybridized carbons (Fsp3) is 0.857. The molecule has 0 unspecified atom stereocenters. The maximum atomic E-state index is 10.7. The van der Waals surface area contributed by atoms with Crippen molar-refractivity contribution in [3.63, 3.8) is 0 Å². The summed E-state index contributed by atoms with van der Waals surface area (Å²) in [6.45, 7) is 10.4. The average molecular weight is 356 g/mol. The first-order valence-corrected chi connectivity index (χ1v) is 10.4. The van der Waals surface area contributed by atoms with Gasteiger partial charge in [-0.05, 0) is 51.0 Å². The Kier molecular flexibility index (Phi) is 14.6. The molecule has 0 aromatic rings. The van der Waals surface area contributed by atoms with Crippen LogP contribution in [0.2, 0.25) is 0 Å². The molecule has 0 aromatic carbocycles. The van der Waals surface area contributed by atoms with Crippen LogP contribution in [0, 0.1) is 0 Å². The lowest BCUT2D eigenvalue weighted by Crippen LogP contribution is -2.51. The van der Waals surface area contributed by atoms with Gasteiger partial charge in [-0.25, -0.2) is 0 Å². The first kappa shape index (κ1) is 24.0. The van der Waals surface area contributed by atoms with E-state index in [1.54, 1.807) is 0 Å². The van der Waals surface area contributed by atoms with Crippen molar-refractivity contribution in [2.75, 3.05) is 26.2 Å². The summed E-state index contributed by atoms with van der Waals surface area (Å²) in [6.07, 6.45) is 12.8. The van der Waals surface area contributed by atoms with Crippen molar-refractivity contribution in [2.24, 2.45) is 0 Å². The summed E-state index contributed by atoms with van der Waals surface area (Å²) >= 11 is 0. The van der Waals surface area contributed by atoms with Crippen LogP contribution < -0.4 is 5.11 Å². The largest absolute Gasteiger partial charge is 0.550 e. The van der Waals surface area contributed by atoms with Crippen LogP contribution in [0.25, 0.3) is 0 Å².